The van der Waals surface area contributed by atoms with Crippen molar-refractivity contribution in [2.75, 3.05) is 13.6 Å². The summed E-state index contributed by atoms with van der Waals surface area (Å²) in [6.07, 6.45) is 0. The summed E-state index contributed by atoms with van der Waals surface area (Å²) < 4.78 is 27.8. The lowest BCUT2D eigenvalue weighted by molar-refractivity contribution is 0.552. The van der Waals surface area contributed by atoms with Gasteiger partial charge in [-0.25, -0.2) is 18.1 Å². The van der Waals surface area contributed by atoms with Crippen molar-refractivity contribution in [3.8, 4) is 10.6 Å². The molecule has 0 aliphatic heterocycles. The highest BCUT2D eigenvalue weighted by atomic mass is 79.9. The van der Waals surface area contributed by atoms with Crippen LogP contribution in [0.1, 0.15) is 6.92 Å². The molecule has 1 aromatic carbocycles. The highest BCUT2D eigenvalue weighted by Crippen LogP contribution is 2.27. The van der Waals surface area contributed by atoms with Crippen LogP contribution in [0.4, 0.5) is 0 Å². The molecule has 122 valence electrons. The Morgan fingerprint density at radius 1 is 1.41 bits per heavy atom. The van der Waals surface area contributed by atoms with Gasteiger partial charge in [-0.1, -0.05) is 28.1 Å². The summed E-state index contributed by atoms with van der Waals surface area (Å²) in [5.74, 6) is 0. The molecule has 0 fully saturated rings. The molecule has 2 rings (SSSR count). The number of aromatic nitrogens is 1. The van der Waals surface area contributed by atoms with E-state index in [4.69, 9.17) is 0 Å². The average molecular weight is 427 g/mol. The Balaban J connectivity index is 0.00000242. The van der Waals surface area contributed by atoms with E-state index in [-0.39, 0.29) is 23.5 Å². The molecule has 1 aromatic heterocycles. The van der Waals surface area contributed by atoms with Crippen molar-refractivity contribution in [3.63, 3.8) is 0 Å². The number of thiazole rings is 1. The third-order valence-electron chi connectivity index (χ3n) is 2.90. The largest absolute Gasteiger partial charge is 0.316 e. The summed E-state index contributed by atoms with van der Waals surface area (Å²) in [6.45, 7) is 2.22. The molecular formula is C13H17BrClN3O2S2. The molecular weight excluding hydrogens is 410 g/mol. The maximum absolute atomic E-state index is 12.2. The molecule has 0 saturated heterocycles. The molecule has 2 aromatic rings. The van der Waals surface area contributed by atoms with E-state index in [1.807, 2.05) is 31.2 Å². The van der Waals surface area contributed by atoms with Crippen molar-refractivity contribution in [2.24, 2.45) is 0 Å². The zero-order chi connectivity index (χ0) is 15.5. The zero-order valence-electron chi connectivity index (χ0n) is 12.0. The summed E-state index contributed by atoms with van der Waals surface area (Å²) in [5.41, 5.74) is 0.888. The first-order chi connectivity index (χ1) is 9.92. The van der Waals surface area contributed by atoms with Crippen molar-refractivity contribution in [2.45, 2.75) is 18.0 Å². The van der Waals surface area contributed by atoms with Crippen LogP contribution in [0.5, 0.6) is 0 Å². The molecule has 0 radical (unpaired) electrons. The van der Waals surface area contributed by atoms with Crippen LogP contribution in [0.25, 0.3) is 10.6 Å². The van der Waals surface area contributed by atoms with Crippen LogP contribution in [0.15, 0.2) is 39.1 Å². The molecule has 0 bridgehead atoms. The molecule has 0 spiro atoms. The normalized spacial score (nSPS) is 12.7. The third kappa shape index (κ3) is 5.00. The monoisotopic (exact) mass is 425 g/mol. The molecule has 0 saturated carbocycles. The second kappa shape index (κ2) is 8.37. The van der Waals surface area contributed by atoms with Crippen molar-refractivity contribution >= 4 is 49.7 Å². The van der Waals surface area contributed by atoms with Gasteiger partial charge < -0.3 is 5.32 Å². The van der Waals surface area contributed by atoms with Crippen molar-refractivity contribution < 1.29 is 8.42 Å². The van der Waals surface area contributed by atoms with Crippen molar-refractivity contribution in [1.29, 1.82) is 0 Å². The number of nitrogens with zero attached hydrogens (tertiary/aromatic N) is 1. The molecule has 5 nitrogen and oxygen atoms in total. The van der Waals surface area contributed by atoms with E-state index in [1.165, 1.54) is 11.3 Å². The van der Waals surface area contributed by atoms with Gasteiger partial charge in [-0.2, -0.15) is 0 Å². The number of halogens is 2. The predicted molar refractivity (Wildman–Crippen MR) is 96.2 cm³/mol. The predicted octanol–water partition coefficient (Wildman–Crippen LogP) is 2.88. The van der Waals surface area contributed by atoms with Gasteiger partial charge >= 0.3 is 0 Å². The lowest BCUT2D eigenvalue weighted by atomic mass is 10.2. The van der Waals surface area contributed by atoms with Crippen LogP contribution >= 0.6 is 39.7 Å². The van der Waals surface area contributed by atoms with Gasteiger partial charge in [0, 0.05) is 28.0 Å². The smallest absolute Gasteiger partial charge is 0.258 e. The van der Waals surface area contributed by atoms with Gasteiger partial charge in [0.2, 0.25) is 0 Å². The molecule has 1 atom stereocenters. The van der Waals surface area contributed by atoms with E-state index in [1.54, 1.807) is 12.4 Å². The Hall–Kier alpha value is -0.510. The van der Waals surface area contributed by atoms with Crippen LogP contribution < -0.4 is 10.0 Å². The first kappa shape index (κ1) is 19.5. The van der Waals surface area contributed by atoms with E-state index in [0.717, 1.165) is 10.0 Å². The summed E-state index contributed by atoms with van der Waals surface area (Å²) in [7, 11) is -1.78. The maximum Gasteiger partial charge on any atom is 0.258 e. The van der Waals surface area contributed by atoms with Gasteiger partial charge in [0.05, 0.1) is 0 Å². The SMILES string of the molecule is CNC(C)CNS(=O)(=O)c1csc(-c2cccc(Br)c2)n1.Cl. The van der Waals surface area contributed by atoms with E-state index in [2.05, 4.69) is 31.0 Å². The van der Waals surface area contributed by atoms with E-state index >= 15 is 0 Å². The highest BCUT2D eigenvalue weighted by Gasteiger charge is 2.19. The lowest BCUT2D eigenvalue weighted by Crippen LogP contribution is -2.37. The first-order valence-corrected chi connectivity index (χ1v) is 9.46. The van der Waals surface area contributed by atoms with Crippen LogP contribution in [0.2, 0.25) is 0 Å². The number of hydrogen-bond acceptors (Lipinski definition) is 5. The molecule has 9 heteroatoms. The van der Waals surface area contributed by atoms with E-state index in [9.17, 15) is 8.42 Å². The number of sulfonamides is 1. The number of benzene rings is 1. The second-order valence-corrected chi connectivity index (χ2v) is 8.03. The first-order valence-electron chi connectivity index (χ1n) is 6.31. The molecule has 22 heavy (non-hydrogen) atoms. The summed E-state index contributed by atoms with van der Waals surface area (Å²) >= 11 is 4.71. The summed E-state index contributed by atoms with van der Waals surface area (Å²) in [5, 5.41) is 5.27. The Kier molecular flexibility index (Phi) is 7.43. The average Bonchev–Trinajstić information content (AvgIpc) is 2.95. The second-order valence-electron chi connectivity index (χ2n) is 4.54. The molecule has 2 N–H and O–H groups in total. The van der Waals surface area contributed by atoms with Crippen LogP contribution in [0.3, 0.4) is 0 Å². The van der Waals surface area contributed by atoms with Gasteiger partial charge in [0.1, 0.15) is 5.01 Å². The number of rotatable bonds is 6. The maximum atomic E-state index is 12.2. The number of likely N-dealkylation sites (N-methyl/N-ethyl adjacent to an activating group) is 1. The standard InChI is InChI=1S/C13H16BrN3O2S2.ClH/c1-9(15-2)7-16-21(18,19)12-8-20-13(17-12)10-4-3-5-11(14)6-10;/h3-6,8-9,15-16H,7H2,1-2H3;1H. The minimum atomic E-state index is -3.57. The fraction of sp³-hybridized carbons (Fsp3) is 0.308. The van der Waals surface area contributed by atoms with E-state index in [0.29, 0.717) is 11.6 Å². The van der Waals surface area contributed by atoms with Crippen LogP contribution in [0, 0.1) is 0 Å². The minimum absolute atomic E-state index is 0. The Morgan fingerprint density at radius 3 is 2.77 bits per heavy atom. The highest BCUT2D eigenvalue weighted by molar-refractivity contribution is 9.10. The van der Waals surface area contributed by atoms with Crippen LogP contribution in [-0.2, 0) is 10.0 Å². The van der Waals surface area contributed by atoms with Gasteiger partial charge in [-0.15, -0.1) is 23.7 Å². The summed E-state index contributed by atoms with van der Waals surface area (Å²) in [4.78, 5) is 4.22. The zero-order valence-corrected chi connectivity index (χ0v) is 16.1. The number of nitrogens with one attached hydrogen (secondary N) is 2. The Bertz CT molecular complexity index is 722. The van der Waals surface area contributed by atoms with Gasteiger partial charge in [-0.05, 0) is 26.1 Å². The molecule has 1 unspecified atom stereocenters. The molecule has 0 aliphatic carbocycles. The summed E-state index contributed by atoms with van der Waals surface area (Å²) in [6, 6.07) is 7.67. The van der Waals surface area contributed by atoms with Gasteiger partial charge in [0.25, 0.3) is 10.0 Å². The van der Waals surface area contributed by atoms with Gasteiger partial charge in [-0.3, -0.25) is 0 Å². The van der Waals surface area contributed by atoms with Crippen molar-refractivity contribution in [3.05, 3.63) is 34.1 Å². The Morgan fingerprint density at radius 2 is 2.14 bits per heavy atom. The minimum Gasteiger partial charge on any atom is -0.316 e. The lowest BCUT2D eigenvalue weighted by Gasteiger charge is -2.10. The molecule has 0 aliphatic rings. The fourth-order valence-electron chi connectivity index (χ4n) is 1.55. The van der Waals surface area contributed by atoms with Gasteiger partial charge in [0.15, 0.2) is 5.03 Å². The molecule has 1 heterocycles. The quantitative estimate of drug-likeness (QED) is 0.745. The topological polar surface area (TPSA) is 71.1 Å². The number of hydrogen-bond donors (Lipinski definition) is 2. The third-order valence-corrected chi connectivity index (χ3v) is 5.74. The molecule has 0 amide bonds. The Labute approximate surface area is 149 Å². The van der Waals surface area contributed by atoms with E-state index < -0.39 is 10.0 Å². The van der Waals surface area contributed by atoms with Crippen LogP contribution in [-0.4, -0.2) is 33.0 Å². The van der Waals surface area contributed by atoms with Crippen molar-refractivity contribution in [1.82, 2.24) is 15.0 Å². The fourth-order valence-corrected chi connectivity index (χ4v) is 4.16.